The Balaban J connectivity index is 1.78. The summed E-state index contributed by atoms with van der Waals surface area (Å²) in [4.78, 5) is 2.39. The van der Waals surface area contributed by atoms with Crippen LogP contribution in [0.3, 0.4) is 0 Å². The summed E-state index contributed by atoms with van der Waals surface area (Å²) in [5, 5.41) is 10.0. The van der Waals surface area contributed by atoms with Crippen LogP contribution in [-0.4, -0.2) is 49.0 Å². The van der Waals surface area contributed by atoms with Crippen LogP contribution in [-0.2, 0) is 4.74 Å². The molecule has 0 aromatic heterocycles. The number of hydrogen-bond donors (Lipinski definition) is 1. The van der Waals surface area contributed by atoms with Crippen molar-refractivity contribution in [3.8, 4) is 0 Å². The summed E-state index contributed by atoms with van der Waals surface area (Å²) in [5.74, 6) is 0.771. The highest BCUT2D eigenvalue weighted by molar-refractivity contribution is 4.82. The van der Waals surface area contributed by atoms with E-state index in [0.29, 0.717) is 6.04 Å². The third-order valence-corrected chi connectivity index (χ3v) is 4.15. The van der Waals surface area contributed by atoms with Gasteiger partial charge in [0.05, 0.1) is 6.10 Å². The lowest BCUT2D eigenvalue weighted by Crippen LogP contribution is -2.45. The van der Waals surface area contributed by atoms with E-state index in [2.05, 4.69) is 11.9 Å². The van der Waals surface area contributed by atoms with Crippen molar-refractivity contribution in [2.75, 3.05) is 26.8 Å². The third-order valence-electron chi connectivity index (χ3n) is 4.15. The van der Waals surface area contributed by atoms with Crippen molar-refractivity contribution >= 4 is 0 Å². The molecule has 1 heterocycles. The van der Waals surface area contributed by atoms with Crippen LogP contribution in [0.15, 0.2) is 0 Å². The fraction of sp³-hybridized carbons (Fsp3) is 1.00. The zero-order chi connectivity index (χ0) is 11.4. The molecule has 0 bridgehead atoms. The van der Waals surface area contributed by atoms with Crippen LogP contribution in [0, 0.1) is 5.92 Å². The van der Waals surface area contributed by atoms with Crippen molar-refractivity contribution in [1.29, 1.82) is 0 Å². The first kappa shape index (κ1) is 12.3. The molecule has 0 aromatic carbocycles. The highest BCUT2D eigenvalue weighted by Gasteiger charge is 2.28. The first-order valence-corrected chi connectivity index (χ1v) is 6.73. The molecule has 0 amide bonds. The summed E-state index contributed by atoms with van der Waals surface area (Å²) in [6.45, 7) is 2.97. The molecule has 1 saturated carbocycles. The Labute approximate surface area is 98.8 Å². The summed E-state index contributed by atoms with van der Waals surface area (Å²) >= 11 is 0. The Morgan fingerprint density at radius 2 is 1.81 bits per heavy atom. The highest BCUT2D eigenvalue weighted by Crippen LogP contribution is 2.24. The van der Waals surface area contributed by atoms with E-state index < -0.39 is 0 Å². The predicted molar refractivity (Wildman–Crippen MR) is 64.4 cm³/mol. The molecule has 1 N–H and O–H groups in total. The van der Waals surface area contributed by atoms with E-state index in [1.54, 1.807) is 0 Å². The standard InChI is InChI=1S/C13H25NO2/c1-14(10-11-6-8-16-9-7-11)12-4-2-3-5-13(12)15/h11-13,15H,2-10H2,1H3. The Hall–Kier alpha value is -0.120. The molecule has 2 fully saturated rings. The van der Waals surface area contributed by atoms with Gasteiger partial charge in [0.15, 0.2) is 0 Å². The summed E-state index contributed by atoms with van der Waals surface area (Å²) in [7, 11) is 2.18. The largest absolute Gasteiger partial charge is 0.391 e. The smallest absolute Gasteiger partial charge is 0.0695 e. The molecule has 2 rings (SSSR count). The molecule has 0 radical (unpaired) electrons. The zero-order valence-electron chi connectivity index (χ0n) is 10.4. The van der Waals surface area contributed by atoms with Gasteiger partial charge in [-0.25, -0.2) is 0 Å². The summed E-state index contributed by atoms with van der Waals surface area (Å²) < 4.78 is 5.38. The van der Waals surface area contributed by atoms with Crippen LogP contribution in [0.25, 0.3) is 0 Å². The van der Waals surface area contributed by atoms with Gasteiger partial charge < -0.3 is 14.7 Å². The molecule has 1 saturated heterocycles. The molecule has 0 aromatic rings. The van der Waals surface area contributed by atoms with Crippen LogP contribution in [0.5, 0.6) is 0 Å². The van der Waals surface area contributed by atoms with Gasteiger partial charge in [-0.05, 0) is 38.6 Å². The highest BCUT2D eigenvalue weighted by atomic mass is 16.5. The number of likely N-dealkylation sites (N-methyl/N-ethyl adjacent to an activating group) is 1. The monoisotopic (exact) mass is 227 g/mol. The lowest BCUT2D eigenvalue weighted by Gasteiger charge is -2.37. The van der Waals surface area contributed by atoms with Crippen LogP contribution in [0.1, 0.15) is 38.5 Å². The number of hydrogen-bond acceptors (Lipinski definition) is 3. The number of aliphatic hydroxyl groups excluding tert-OH is 1. The summed E-state index contributed by atoms with van der Waals surface area (Å²) in [6, 6.07) is 0.400. The van der Waals surface area contributed by atoms with Gasteiger partial charge in [-0.2, -0.15) is 0 Å². The average molecular weight is 227 g/mol. The normalized spacial score (nSPS) is 33.2. The van der Waals surface area contributed by atoms with Gasteiger partial charge in [-0.1, -0.05) is 12.8 Å². The second-order valence-corrected chi connectivity index (χ2v) is 5.41. The minimum absolute atomic E-state index is 0.0985. The van der Waals surface area contributed by atoms with E-state index >= 15 is 0 Å². The van der Waals surface area contributed by atoms with Crippen LogP contribution in [0.4, 0.5) is 0 Å². The maximum absolute atomic E-state index is 10.0. The van der Waals surface area contributed by atoms with Crippen LogP contribution >= 0.6 is 0 Å². The molecule has 2 atom stereocenters. The third kappa shape index (κ3) is 3.19. The maximum atomic E-state index is 10.0. The Bertz CT molecular complexity index is 204. The molecule has 94 valence electrons. The van der Waals surface area contributed by atoms with E-state index in [-0.39, 0.29) is 6.10 Å². The Kier molecular flexibility index (Phi) is 4.62. The van der Waals surface area contributed by atoms with Crippen molar-refractivity contribution in [3.63, 3.8) is 0 Å². The van der Waals surface area contributed by atoms with Gasteiger partial charge in [0.2, 0.25) is 0 Å². The van der Waals surface area contributed by atoms with Gasteiger partial charge in [-0.3, -0.25) is 0 Å². The number of ether oxygens (including phenoxy) is 1. The Morgan fingerprint density at radius 3 is 2.50 bits per heavy atom. The summed E-state index contributed by atoms with van der Waals surface area (Å²) in [5.41, 5.74) is 0. The Morgan fingerprint density at radius 1 is 1.12 bits per heavy atom. The summed E-state index contributed by atoms with van der Waals surface area (Å²) in [6.07, 6.45) is 6.91. The maximum Gasteiger partial charge on any atom is 0.0695 e. The number of rotatable bonds is 3. The number of nitrogens with zero attached hydrogens (tertiary/aromatic N) is 1. The average Bonchev–Trinajstić information content (AvgIpc) is 2.31. The van der Waals surface area contributed by atoms with Crippen molar-refractivity contribution < 1.29 is 9.84 Å². The fourth-order valence-electron chi connectivity index (χ4n) is 3.08. The van der Waals surface area contributed by atoms with E-state index in [1.807, 2.05) is 0 Å². The zero-order valence-corrected chi connectivity index (χ0v) is 10.4. The molecule has 0 spiro atoms. The molecular weight excluding hydrogens is 202 g/mol. The fourth-order valence-corrected chi connectivity index (χ4v) is 3.08. The van der Waals surface area contributed by atoms with Crippen molar-refractivity contribution in [3.05, 3.63) is 0 Å². The first-order chi connectivity index (χ1) is 7.77. The molecule has 2 unspecified atom stereocenters. The van der Waals surface area contributed by atoms with Crippen molar-refractivity contribution in [2.45, 2.75) is 50.7 Å². The molecule has 1 aliphatic carbocycles. The quantitative estimate of drug-likeness (QED) is 0.795. The molecule has 3 nitrogen and oxygen atoms in total. The van der Waals surface area contributed by atoms with Gasteiger partial charge in [-0.15, -0.1) is 0 Å². The lowest BCUT2D eigenvalue weighted by molar-refractivity contribution is 0.00788. The topological polar surface area (TPSA) is 32.7 Å². The predicted octanol–water partition coefficient (Wildman–Crippen LogP) is 1.65. The first-order valence-electron chi connectivity index (χ1n) is 6.73. The van der Waals surface area contributed by atoms with Crippen molar-refractivity contribution in [1.82, 2.24) is 4.90 Å². The van der Waals surface area contributed by atoms with Gasteiger partial charge >= 0.3 is 0 Å². The van der Waals surface area contributed by atoms with Gasteiger partial charge in [0, 0.05) is 25.8 Å². The van der Waals surface area contributed by atoms with Crippen LogP contribution < -0.4 is 0 Å². The van der Waals surface area contributed by atoms with Gasteiger partial charge in [0.25, 0.3) is 0 Å². The van der Waals surface area contributed by atoms with E-state index in [9.17, 15) is 5.11 Å². The SMILES string of the molecule is CN(CC1CCOCC1)C1CCCCC1O. The van der Waals surface area contributed by atoms with E-state index in [4.69, 9.17) is 4.74 Å². The molecular formula is C13H25NO2. The lowest BCUT2D eigenvalue weighted by atomic mass is 9.90. The molecule has 3 heteroatoms. The molecule has 16 heavy (non-hydrogen) atoms. The van der Waals surface area contributed by atoms with Crippen LogP contribution in [0.2, 0.25) is 0 Å². The van der Waals surface area contributed by atoms with E-state index in [1.165, 1.54) is 32.1 Å². The van der Waals surface area contributed by atoms with E-state index in [0.717, 1.165) is 32.1 Å². The minimum atomic E-state index is -0.0985. The van der Waals surface area contributed by atoms with Crippen molar-refractivity contribution in [2.24, 2.45) is 5.92 Å². The molecule has 1 aliphatic heterocycles. The second kappa shape index (κ2) is 5.99. The van der Waals surface area contributed by atoms with Gasteiger partial charge in [0.1, 0.15) is 0 Å². The number of aliphatic hydroxyl groups is 1. The second-order valence-electron chi connectivity index (χ2n) is 5.41. The minimum Gasteiger partial charge on any atom is -0.391 e. The molecule has 2 aliphatic rings.